The van der Waals surface area contributed by atoms with E-state index in [4.69, 9.17) is 0 Å². The average Bonchev–Trinajstić information content (AvgIpc) is 2.44. The van der Waals surface area contributed by atoms with Gasteiger partial charge in [0.2, 0.25) is 5.91 Å². The van der Waals surface area contributed by atoms with E-state index >= 15 is 0 Å². The molecule has 4 aliphatic carbocycles. The molecule has 21 heavy (non-hydrogen) atoms. The monoisotopic (exact) mass is 290 g/mol. The van der Waals surface area contributed by atoms with Gasteiger partial charge in [-0.15, -0.1) is 0 Å². The van der Waals surface area contributed by atoms with Crippen molar-refractivity contribution in [2.45, 2.75) is 51.9 Å². The highest BCUT2D eigenvalue weighted by Crippen LogP contribution is 2.60. The highest BCUT2D eigenvalue weighted by atomic mass is 16.2. The van der Waals surface area contributed by atoms with Gasteiger partial charge in [-0.05, 0) is 87.6 Å². The van der Waals surface area contributed by atoms with E-state index in [-0.39, 0.29) is 5.41 Å². The first-order valence-electron chi connectivity index (χ1n) is 9.14. The second-order valence-corrected chi connectivity index (χ2v) is 8.64. The minimum atomic E-state index is 0.0279. The topological polar surface area (TPSA) is 41.1 Å². The van der Waals surface area contributed by atoms with Crippen molar-refractivity contribution in [3.05, 3.63) is 0 Å². The van der Waals surface area contributed by atoms with Crippen LogP contribution in [-0.4, -0.2) is 25.5 Å². The summed E-state index contributed by atoms with van der Waals surface area (Å²) in [6.45, 7) is 5.43. The van der Waals surface area contributed by atoms with Gasteiger partial charge >= 0.3 is 0 Å². The molecule has 2 unspecified atom stereocenters. The molecule has 3 nitrogen and oxygen atoms in total. The minimum absolute atomic E-state index is 0.0279. The normalized spacial score (nSPS) is 48.3. The standard InChI is InChI=1S/C18H30N2O/c1-12-2-3-19-10-16(12)11-20-17(21)18-7-13-4-14(8-18)6-15(5-13)9-18/h12-16,19H,2-11H2,1H3,(H,20,21). The van der Waals surface area contributed by atoms with Crippen LogP contribution < -0.4 is 10.6 Å². The van der Waals surface area contributed by atoms with E-state index in [1.165, 1.54) is 44.9 Å². The van der Waals surface area contributed by atoms with Crippen LogP contribution in [0.15, 0.2) is 0 Å². The Morgan fingerprint density at radius 1 is 1.14 bits per heavy atom. The molecule has 1 saturated heterocycles. The third-order valence-corrected chi connectivity index (χ3v) is 7.03. The van der Waals surface area contributed by atoms with Crippen LogP contribution in [0.25, 0.3) is 0 Å². The molecule has 0 radical (unpaired) electrons. The summed E-state index contributed by atoms with van der Waals surface area (Å²) >= 11 is 0. The number of carbonyl (C=O) groups excluding carboxylic acids is 1. The van der Waals surface area contributed by atoms with Crippen molar-refractivity contribution in [3.63, 3.8) is 0 Å². The number of nitrogens with one attached hydrogen (secondary N) is 2. The lowest BCUT2D eigenvalue weighted by atomic mass is 9.49. The number of hydrogen-bond acceptors (Lipinski definition) is 2. The van der Waals surface area contributed by atoms with Crippen molar-refractivity contribution in [1.82, 2.24) is 10.6 Å². The zero-order valence-electron chi connectivity index (χ0n) is 13.4. The lowest BCUT2D eigenvalue weighted by Gasteiger charge is -2.55. The van der Waals surface area contributed by atoms with Crippen LogP contribution in [0.1, 0.15) is 51.9 Å². The van der Waals surface area contributed by atoms with Gasteiger partial charge in [0.1, 0.15) is 0 Å². The Morgan fingerprint density at radius 3 is 2.33 bits per heavy atom. The Bertz CT molecular complexity index is 384. The number of amides is 1. The first-order chi connectivity index (χ1) is 10.1. The zero-order valence-corrected chi connectivity index (χ0v) is 13.4. The van der Waals surface area contributed by atoms with Gasteiger partial charge in [0, 0.05) is 12.0 Å². The predicted molar refractivity (Wildman–Crippen MR) is 83.8 cm³/mol. The molecule has 0 aromatic heterocycles. The zero-order chi connectivity index (χ0) is 14.4. The molecule has 5 fully saturated rings. The van der Waals surface area contributed by atoms with Gasteiger partial charge < -0.3 is 10.6 Å². The van der Waals surface area contributed by atoms with E-state index in [9.17, 15) is 4.79 Å². The van der Waals surface area contributed by atoms with E-state index in [0.29, 0.717) is 11.8 Å². The first kappa shape index (κ1) is 14.0. The van der Waals surface area contributed by atoms with Gasteiger partial charge in [0.15, 0.2) is 0 Å². The second kappa shape index (κ2) is 5.26. The van der Waals surface area contributed by atoms with E-state index in [1.807, 2.05) is 0 Å². The Kier molecular flexibility index (Phi) is 3.52. The summed E-state index contributed by atoms with van der Waals surface area (Å²) in [6, 6.07) is 0. The summed E-state index contributed by atoms with van der Waals surface area (Å²) < 4.78 is 0. The van der Waals surface area contributed by atoms with Gasteiger partial charge in [-0.1, -0.05) is 6.92 Å². The summed E-state index contributed by atoms with van der Waals surface area (Å²) in [5, 5.41) is 6.83. The Morgan fingerprint density at radius 2 is 1.76 bits per heavy atom. The maximum Gasteiger partial charge on any atom is 0.226 e. The molecular weight excluding hydrogens is 260 g/mol. The molecule has 0 aromatic rings. The molecule has 1 heterocycles. The fourth-order valence-corrected chi connectivity index (χ4v) is 6.13. The molecule has 2 N–H and O–H groups in total. The van der Waals surface area contributed by atoms with Crippen molar-refractivity contribution in [2.24, 2.45) is 35.0 Å². The largest absolute Gasteiger partial charge is 0.355 e. The second-order valence-electron chi connectivity index (χ2n) is 8.64. The molecule has 4 saturated carbocycles. The number of piperidine rings is 1. The number of hydrogen-bond donors (Lipinski definition) is 2. The van der Waals surface area contributed by atoms with Crippen LogP contribution in [-0.2, 0) is 4.79 Å². The Balaban J connectivity index is 1.38. The first-order valence-corrected chi connectivity index (χ1v) is 9.14. The van der Waals surface area contributed by atoms with E-state index in [1.54, 1.807) is 0 Å². The molecule has 5 rings (SSSR count). The third-order valence-electron chi connectivity index (χ3n) is 7.03. The molecular formula is C18H30N2O. The molecule has 4 bridgehead atoms. The van der Waals surface area contributed by atoms with Gasteiger partial charge in [-0.2, -0.15) is 0 Å². The summed E-state index contributed by atoms with van der Waals surface area (Å²) in [7, 11) is 0. The maximum absolute atomic E-state index is 12.9. The van der Waals surface area contributed by atoms with Crippen molar-refractivity contribution in [1.29, 1.82) is 0 Å². The van der Waals surface area contributed by atoms with Crippen LogP contribution in [0.3, 0.4) is 0 Å². The molecule has 1 aliphatic heterocycles. The molecule has 1 amide bonds. The molecule has 5 aliphatic rings. The van der Waals surface area contributed by atoms with E-state index < -0.39 is 0 Å². The summed E-state index contributed by atoms with van der Waals surface area (Å²) in [5.74, 6) is 4.34. The maximum atomic E-state index is 12.9. The lowest BCUT2D eigenvalue weighted by molar-refractivity contribution is -0.146. The number of rotatable bonds is 3. The van der Waals surface area contributed by atoms with Crippen LogP contribution in [0.2, 0.25) is 0 Å². The van der Waals surface area contributed by atoms with Crippen LogP contribution in [0, 0.1) is 35.0 Å². The molecule has 0 spiro atoms. The van der Waals surface area contributed by atoms with Gasteiger partial charge in [0.25, 0.3) is 0 Å². The van der Waals surface area contributed by atoms with Gasteiger partial charge in [0.05, 0.1) is 0 Å². The smallest absolute Gasteiger partial charge is 0.226 e. The van der Waals surface area contributed by atoms with Crippen LogP contribution in [0.4, 0.5) is 0 Å². The number of carbonyl (C=O) groups is 1. The highest BCUT2D eigenvalue weighted by molar-refractivity contribution is 5.83. The predicted octanol–water partition coefficient (Wildman–Crippen LogP) is 2.56. The summed E-state index contributed by atoms with van der Waals surface area (Å²) in [5.41, 5.74) is 0.0279. The van der Waals surface area contributed by atoms with Crippen molar-refractivity contribution in [3.8, 4) is 0 Å². The van der Waals surface area contributed by atoms with Crippen molar-refractivity contribution < 1.29 is 4.79 Å². The van der Waals surface area contributed by atoms with E-state index in [0.717, 1.165) is 43.3 Å². The average molecular weight is 290 g/mol. The SMILES string of the molecule is CC1CCNCC1CNC(=O)C12CC3CC(CC(C3)C1)C2. The molecule has 2 atom stereocenters. The summed E-state index contributed by atoms with van der Waals surface area (Å²) in [4.78, 5) is 12.9. The van der Waals surface area contributed by atoms with Crippen molar-refractivity contribution >= 4 is 5.91 Å². The molecule has 0 aromatic carbocycles. The minimum Gasteiger partial charge on any atom is -0.355 e. The van der Waals surface area contributed by atoms with Gasteiger partial charge in [-0.3, -0.25) is 4.79 Å². The molecule has 118 valence electrons. The quantitative estimate of drug-likeness (QED) is 0.839. The lowest BCUT2D eigenvalue weighted by Crippen LogP contribution is -2.54. The highest BCUT2D eigenvalue weighted by Gasteiger charge is 2.54. The summed E-state index contributed by atoms with van der Waals surface area (Å²) in [6.07, 6.45) is 9.04. The Labute approximate surface area is 128 Å². The van der Waals surface area contributed by atoms with Crippen LogP contribution in [0.5, 0.6) is 0 Å². The van der Waals surface area contributed by atoms with Crippen LogP contribution >= 0.6 is 0 Å². The van der Waals surface area contributed by atoms with E-state index in [2.05, 4.69) is 17.6 Å². The fourth-order valence-electron chi connectivity index (χ4n) is 6.13. The Hall–Kier alpha value is -0.570. The fraction of sp³-hybridized carbons (Fsp3) is 0.944. The molecule has 3 heteroatoms. The third kappa shape index (κ3) is 2.52. The van der Waals surface area contributed by atoms with Crippen molar-refractivity contribution in [2.75, 3.05) is 19.6 Å². The van der Waals surface area contributed by atoms with Gasteiger partial charge in [-0.25, -0.2) is 0 Å².